The minimum absolute atomic E-state index is 0.166. The van der Waals surface area contributed by atoms with Gasteiger partial charge in [-0.1, -0.05) is 13.3 Å². The molecule has 0 aromatic rings. The van der Waals surface area contributed by atoms with Crippen LogP contribution in [0.25, 0.3) is 0 Å². The van der Waals surface area contributed by atoms with Gasteiger partial charge in [0.1, 0.15) is 0 Å². The Kier molecular flexibility index (Phi) is 5.64. The predicted molar refractivity (Wildman–Crippen MR) is 77.8 cm³/mol. The SMILES string of the molecule is CCN1CCC(CNC(=O)C2CCCC(N)C2)CC1. The fourth-order valence-corrected chi connectivity index (χ4v) is 3.36. The zero-order valence-electron chi connectivity index (χ0n) is 12.2. The van der Waals surface area contributed by atoms with Crippen molar-refractivity contribution in [3.05, 3.63) is 0 Å². The predicted octanol–water partition coefficient (Wildman–Crippen LogP) is 1.35. The Balaban J connectivity index is 1.66. The number of nitrogens with two attached hydrogens (primary N) is 1. The molecule has 2 rings (SSSR count). The number of likely N-dealkylation sites (tertiary alicyclic amines) is 1. The third-order valence-corrected chi connectivity index (χ3v) is 4.80. The molecule has 1 heterocycles. The van der Waals surface area contributed by atoms with Crippen molar-refractivity contribution in [2.45, 2.75) is 51.5 Å². The van der Waals surface area contributed by atoms with Gasteiger partial charge in [-0.3, -0.25) is 4.79 Å². The van der Waals surface area contributed by atoms with Crippen molar-refractivity contribution in [2.75, 3.05) is 26.2 Å². The maximum atomic E-state index is 12.1. The zero-order chi connectivity index (χ0) is 13.7. The van der Waals surface area contributed by atoms with Crippen molar-refractivity contribution in [3.8, 4) is 0 Å². The molecule has 0 spiro atoms. The lowest BCUT2D eigenvalue weighted by Crippen LogP contribution is -2.42. The summed E-state index contributed by atoms with van der Waals surface area (Å²) in [5.41, 5.74) is 5.95. The largest absolute Gasteiger partial charge is 0.356 e. The second kappa shape index (κ2) is 7.25. The lowest BCUT2D eigenvalue weighted by molar-refractivity contribution is -0.126. The average Bonchev–Trinajstić information content (AvgIpc) is 2.45. The summed E-state index contributed by atoms with van der Waals surface area (Å²) in [6.45, 7) is 6.60. The first-order valence-electron chi connectivity index (χ1n) is 7.94. The van der Waals surface area contributed by atoms with Crippen molar-refractivity contribution in [1.82, 2.24) is 10.2 Å². The minimum Gasteiger partial charge on any atom is -0.356 e. The monoisotopic (exact) mass is 267 g/mol. The first-order valence-corrected chi connectivity index (χ1v) is 7.94. The second-order valence-electron chi connectivity index (χ2n) is 6.25. The Bertz CT molecular complexity index is 287. The quantitative estimate of drug-likeness (QED) is 0.808. The van der Waals surface area contributed by atoms with Crippen molar-refractivity contribution >= 4 is 5.91 Å². The standard InChI is InChI=1S/C15H29N3O/c1-2-18-8-6-12(7-9-18)11-17-15(19)13-4-3-5-14(16)10-13/h12-14H,2-11,16H2,1H3,(H,17,19). The lowest BCUT2D eigenvalue weighted by Gasteiger charge is -2.32. The molecule has 1 saturated heterocycles. The number of nitrogens with zero attached hydrogens (tertiary/aromatic N) is 1. The fourth-order valence-electron chi connectivity index (χ4n) is 3.36. The van der Waals surface area contributed by atoms with E-state index in [-0.39, 0.29) is 17.9 Å². The van der Waals surface area contributed by atoms with Crippen molar-refractivity contribution < 1.29 is 4.79 Å². The number of hydrogen-bond acceptors (Lipinski definition) is 3. The highest BCUT2D eigenvalue weighted by Gasteiger charge is 2.26. The van der Waals surface area contributed by atoms with E-state index in [4.69, 9.17) is 5.73 Å². The van der Waals surface area contributed by atoms with Crippen LogP contribution in [0.3, 0.4) is 0 Å². The van der Waals surface area contributed by atoms with E-state index in [1.165, 1.54) is 25.9 Å². The van der Waals surface area contributed by atoms with Gasteiger partial charge in [-0.25, -0.2) is 0 Å². The molecule has 2 fully saturated rings. The number of amides is 1. The summed E-state index contributed by atoms with van der Waals surface area (Å²) in [5.74, 6) is 1.08. The van der Waals surface area contributed by atoms with E-state index in [9.17, 15) is 4.79 Å². The molecule has 3 N–H and O–H groups in total. The fraction of sp³-hybridized carbons (Fsp3) is 0.933. The molecule has 1 saturated carbocycles. The lowest BCUT2D eigenvalue weighted by atomic mass is 9.85. The number of carbonyl (C=O) groups excluding carboxylic acids is 1. The summed E-state index contributed by atoms with van der Waals surface area (Å²) < 4.78 is 0. The van der Waals surface area contributed by atoms with Crippen LogP contribution in [0.1, 0.15) is 45.4 Å². The van der Waals surface area contributed by atoms with Crippen molar-refractivity contribution in [3.63, 3.8) is 0 Å². The van der Waals surface area contributed by atoms with Crippen LogP contribution in [-0.2, 0) is 4.79 Å². The number of nitrogens with one attached hydrogen (secondary N) is 1. The molecule has 0 aromatic carbocycles. The van der Waals surface area contributed by atoms with Crippen LogP contribution in [0.15, 0.2) is 0 Å². The third kappa shape index (κ3) is 4.46. The Morgan fingerprint density at radius 1 is 1.26 bits per heavy atom. The van der Waals surface area contributed by atoms with Crippen LogP contribution >= 0.6 is 0 Å². The first-order chi connectivity index (χ1) is 9.19. The van der Waals surface area contributed by atoms with Gasteiger partial charge < -0.3 is 16.0 Å². The van der Waals surface area contributed by atoms with E-state index in [1.807, 2.05) is 0 Å². The summed E-state index contributed by atoms with van der Waals surface area (Å²) in [6, 6.07) is 0.234. The van der Waals surface area contributed by atoms with E-state index >= 15 is 0 Å². The van der Waals surface area contributed by atoms with E-state index in [0.29, 0.717) is 5.92 Å². The smallest absolute Gasteiger partial charge is 0.223 e. The molecule has 2 unspecified atom stereocenters. The normalized spacial score (nSPS) is 30.2. The number of rotatable bonds is 4. The number of piperidine rings is 1. The maximum absolute atomic E-state index is 12.1. The molecule has 1 amide bonds. The van der Waals surface area contributed by atoms with Gasteiger partial charge >= 0.3 is 0 Å². The molecule has 0 radical (unpaired) electrons. The summed E-state index contributed by atoms with van der Waals surface area (Å²) in [7, 11) is 0. The van der Waals surface area contributed by atoms with Gasteiger partial charge in [0.05, 0.1) is 0 Å². The molecule has 4 heteroatoms. The average molecular weight is 267 g/mol. The van der Waals surface area contributed by atoms with Gasteiger partial charge in [0.15, 0.2) is 0 Å². The molecule has 0 bridgehead atoms. The maximum Gasteiger partial charge on any atom is 0.223 e. The molecule has 4 nitrogen and oxygen atoms in total. The van der Waals surface area contributed by atoms with Crippen LogP contribution in [0.2, 0.25) is 0 Å². The number of hydrogen-bond donors (Lipinski definition) is 2. The van der Waals surface area contributed by atoms with E-state index in [2.05, 4.69) is 17.1 Å². The minimum atomic E-state index is 0.166. The number of carbonyl (C=O) groups is 1. The van der Waals surface area contributed by atoms with Gasteiger partial charge in [-0.05, 0) is 57.7 Å². The highest BCUT2D eigenvalue weighted by atomic mass is 16.1. The van der Waals surface area contributed by atoms with Crippen LogP contribution in [0.5, 0.6) is 0 Å². The van der Waals surface area contributed by atoms with E-state index < -0.39 is 0 Å². The van der Waals surface area contributed by atoms with Crippen LogP contribution in [0, 0.1) is 11.8 Å². The molecule has 0 aromatic heterocycles. The van der Waals surface area contributed by atoms with Gasteiger partial charge in [0.2, 0.25) is 5.91 Å². The molecule has 110 valence electrons. The molecular formula is C15H29N3O. The zero-order valence-corrected chi connectivity index (χ0v) is 12.2. The summed E-state index contributed by atoms with van der Waals surface area (Å²) in [4.78, 5) is 14.6. The molecule has 1 aliphatic carbocycles. The molecule has 2 aliphatic rings. The Morgan fingerprint density at radius 3 is 2.63 bits per heavy atom. The van der Waals surface area contributed by atoms with Gasteiger partial charge in [0, 0.05) is 18.5 Å². The van der Waals surface area contributed by atoms with Gasteiger partial charge in [-0.2, -0.15) is 0 Å². The summed E-state index contributed by atoms with van der Waals surface area (Å²) >= 11 is 0. The summed E-state index contributed by atoms with van der Waals surface area (Å²) in [6.07, 6.45) is 6.53. The topological polar surface area (TPSA) is 58.4 Å². The van der Waals surface area contributed by atoms with E-state index in [0.717, 1.165) is 38.8 Å². The Morgan fingerprint density at radius 2 is 2.00 bits per heavy atom. The Hall–Kier alpha value is -0.610. The molecule has 19 heavy (non-hydrogen) atoms. The molecule has 2 atom stereocenters. The van der Waals surface area contributed by atoms with Gasteiger partial charge in [0.25, 0.3) is 0 Å². The van der Waals surface area contributed by atoms with Crippen LogP contribution in [-0.4, -0.2) is 43.0 Å². The first kappa shape index (κ1) is 14.8. The van der Waals surface area contributed by atoms with Crippen molar-refractivity contribution in [2.24, 2.45) is 17.6 Å². The van der Waals surface area contributed by atoms with Crippen LogP contribution < -0.4 is 11.1 Å². The van der Waals surface area contributed by atoms with Crippen molar-refractivity contribution in [1.29, 1.82) is 0 Å². The molecular weight excluding hydrogens is 238 g/mol. The second-order valence-corrected chi connectivity index (χ2v) is 6.25. The molecule has 1 aliphatic heterocycles. The van der Waals surface area contributed by atoms with E-state index in [1.54, 1.807) is 0 Å². The van der Waals surface area contributed by atoms with Gasteiger partial charge in [-0.15, -0.1) is 0 Å². The highest BCUT2D eigenvalue weighted by molar-refractivity contribution is 5.78. The summed E-state index contributed by atoms with van der Waals surface area (Å²) in [5, 5.41) is 3.16. The third-order valence-electron chi connectivity index (χ3n) is 4.80. The Labute approximate surface area is 117 Å². The van der Waals surface area contributed by atoms with Crippen LogP contribution in [0.4, 0.5) is 0 Å². The highest BCUT2D eigenvalue weighted by Crippen LogP contribution is 2.23.